The summed E-state index contributed by atoms with van der Waals surface area (Å²) in [6.45, 7) is -0.511. The Bertz CT molecular complexity index is 984. The standard InChI is InChI=1S/C17H10F4N4/c18-11-7-14(16(20)17(21)15(11)19)25(6-5-22)9-10-8-23-12-3-1-2-4-13(12)24-10/h1-4,7-8H,6,9H2. The number of rotatable bonds is 4. The van der Waals surface area contributed by atoms with Gasteiger partial charge in [0.1, 0.15) is 6.54 Å². The summed E-state index contributed by atoms with van der Waals surface area (Å²) in [4.78, 5) is 9.56. The molecule has 0 saturated carbocycles. The predicted octanol–water partition coefficient (Wildman–Crippen LogP) is 3.72. The second-order valence-electron chi connectivity index (χ2n) is 5.18. The lowest BCUT2D eigenvalue weighted by Gasteiger charge is -2.22. The van der Waals surface area contributed by atoms with E-state index in [0.717, 1.165) is 4.90 Å². The number of fused-ring (bicyclic) bond motifs is 1. The van der Waals surface area contributed by atoms with E-state index < -0.39 is 29.0 Å². The zero-order chi connectivity index (χ0) is 18.0. The highest BCUT2D eigenvalue weighted by atomic mass is 19.2. The van der Waals surface area contributed by atoms with Crippen LogP contribution in [-0.4, -0.2) is 16.5 Å². The molecule has 1 aromatic heterocycles. The quantitative estimate of drug-likeness (QED) is 0.313. The first kappa shape index (κ1) is 16.6. The molecule has 3 aromatic rings. The Morgan fingerprint density at radius 1 is 1.00 bits per heavy atom. The number of nitrogens with zero attached hydrogens (tertiary/aromatic N) is 4. The Kier molecular flexibility index (Phi) is 4.48. The van der Waals surface area contributed by atoms with Gasteiger partial charge < -0.3 is 4.90 Å². The summed E-state index contributed by atoms with van der Waals surface area (Å²) in [5.74, 6) is -6.93. The lowest BCUT2D eigenvalue weighted by Crippen LogP contribution is -2.25. The van der Waals surface area contributed by atoms with Crippen LogP contribution in [0.4, 0.5) is 23.2 Å². The summed E-state index contributed by atoms with van der Waals surface area (Å²) in [5, 5.41) is 8.92. The van der Waals surface area contributed by atoms with Crippen LogP contribution < -0.4 is 4.90 Å². The molecular weight excluding hydrogens is 336 g/mol. The number of aromatic nitrogens is 2. The summed E-state index contributed by atoms with van der Waals surface area (Å²) < 4.78 is 54.0. The first-order valence-electron chi connectivity index (χ1n) is 7.17. The van der Waals surface area contributed by atoms with E-state index in [0.29, 0.717) is 22.8 Å². The van der Waals surface area contributed by atoms with Gasteiger partial charge in [-0.3, -0.25) is 4.98 Å². The molecule has 0 atom stereocenters. The van der Waals surface area contributed by atoms with Crippen molar-refractivity contribution in [1.29, 1.82) is 5.26 Å². The van der Waals surface area contributed by atoms with E-state index in [-0.39, 0.29) is 13.1 Å². The predicted molar refractivity (Wildman–Crippen MR) is 82.5 cm³/mol. The number of hydrogen-bond donors (Lipinski definition) is 0. The van der Waals surface area contributed by atoms with Crippen molar-refractivity contribution in [3.8, 4) is 6.07 Å². The molecule has 126 valence electrons. The third-order valence-corrected chi connectivity index (χ3v) is 3.54. The highest BCUT2D eigenvalue weighted by molar-refractivity contribution is 5.73. The summed E-state index contributed by atoms with van der Waals surface area (Å²) in [6.07, 6.45) is 1.42. The van der Waals surface area contributed by atoms with E-state index in [9.17, 15) is 17.6 Å². The van der Waals surface area contributed by atoms with E-state index in [2.05, 4.69) is 9.97 Å². The normalized spacial score (nSPS) is 10.7. The number of anilines is 1. The Labute approximate surface area is 140 Å². The highest BCUT2D eigenvalue weighted by Crippen LogP contribution is 2.27. The van der Waals surface area contributed by atoms with Crippen molar-refractivity contribution >= 4 is 16.7 Å². The van der Waals surface area contributed by atoms with Crippen LogP contribution in [0.2, 0.25) is 0 Å². The van der Waals surface area contributed by atoms with E-state index in [1.54, 1.807) is 30.3 Å². The van der Waals surface area contributed by atoms with Crippen LogP contribution in [0.5, 0.6) is 0 Å². The third kappa shape index (κ3) is 3.21. The Morgan fingerprint density at radius 3 is 2.44 bits per heavy atom. The molecule has 2 aromatic carbocycles. The van der Waals surface area contributed by atoms with Crippen molar-refractivity contribution in [2.75, 3.05) is 11.4 Å². The van der Waals surface area contributed by atoms with Gasteiger partial charge in [-0.05, 0) is 12.1 Å². The van der Waals surface area contributed by atoms with Crippen LogP contribution in [0.1, 0.15) is 5.69 Å². The Hall–Kier alpha value is -3.21. The van der Waals surface area contributed by atoms with E-state index in [1.807, 2.05) is 0 Å². The van der Waals surface area contributed by atoms with Gasteiger partial charge in [-0.1, -0.05) is 12.1 Å². The average molecular weight is 346 g/mol. The van der Waals surface area contributed by atoms with Gasteiger partial charge in [-0.2, -0.15) is 5.26 Å². The molecule has 0 spiro atoms. The molecule has 0 aliphatic carbocycles. The summed E-state index contributed by atoms with van der Waals surface area (Å²) in [7, 11) is 0. The van der Waals surface area contributed by atoms with Crippen molar-refractivity contribution in [2.24, 2.45) is 0 Å². The van der Waals surface area contributed by atoms with Crippen LogP contribution in [-0.2, 0) is 6.54 Å². The molecule has 0 bridgehead atoms. The maximum Gasteiger partial charge on any atom is 0.199 e. The van der Waals surface area contributed by atoms with E-state index >= 15 is 0 Å². The van der Waals surface area contributed by atoms with Gasteiger partial charge in [0.25, 0.3) is 0 Å². The Morgan fingerprint density at radius 2 is 1.72 bits per heavy atom. The molecule has 0 fully saturated rings. The van der Waals surface area contributed by atoms with Gasteiger partial charge in [0.05, 0.1) is 41.2 Å². The molecule has 0 radical (unpaired) electrons. The minimum absolute atomic E-state index is 0.132. The molecule has 1 heterocycles. The van der Waals surface area contributed by atoms with Crippen LogP contribution in [0.15, 0.2) is 36.5 Å². The second kappa shape index (κ2) is 6.73. The molecule has 0 unspecified atom stereocenters. The Balaban J connectivity index is 2.00. The largest absolute Gasteiger partial charge is 0.350 e. The maximum absolute atomic E-state index is 14.0. The maximum atomic E-state index is 14.0. The van der Waals surface area contributed by atoms with Crippen LogP contribution in [0, 0.1) is 34.6 Å². The highest BCUT2D eigenvalue weighted by Gasteiger charge is 2.23. The zero-order valence-corrected chi connectivity index (χ0v) is 12.7. The fourth-order valence-corrected chi connectivity index (χ4v) is 2.37. The van der Waals surface area contributed by atoms with Gasteiger partial charge in [0.2, 0.25) is 0 Å². The fraction of sp³-hybridized carbons (Fsp3) is 0.118. The number of halogens is 4. The van der Waals surface area contributed by atoms with Crippen LogP contribution >= 0.6 is 0 Å². The van der Waals surface area contributed by atoms with Gasteiger partial charge in [0, 0.05) is 6.07 Å². The number of para-hydroxylation sites is 2. The minimum atomic E-state index is -1.93. The lowest BCUT2D eigenvalue weighted by atomic mass is 10.2. The van der Waals surface area contributed by atoms with Crippen LogP contribution in [0.3, 0.4) is 0 Å². The number of benzene rings is 2. The molecule has 0 aliphatic rings. The van der Waals surface area contributed by atoms with Gasteiger partial charge in [0.15, 0.2) is 23.3 Å². The van der Waals surface area contributed by atoms with Crippen molar-refractivity contribution in [1.82, 2.24) is 9.97 Å². The first-order valence-corrected chi connectivity index (χ1v) is 7.17. The molecular formula is C17H10F4N4. The topological polar surface area (TPSA) is 52.8 Å². The van der Waals surface area contributed by atoms with Crippen molar-refractivity contribution in [3.05, 3.63) is 65.5 Å². The monoisotopic (exact) mass is 346 g/mol. The number of hydrogen-bond acceptors (Lipinski definition) is 4. The van der Waals surface area contributed by atoms with Gasteiger partial charge in [-0.25, -0.2) is 22.5 Å². The first-order chi connectivity index (χ1) is 12.0. The van der Waals surface area contributed by atoms with E-state index in [1.165, 1.54) is 6.20 Å². The summed E-state index contributed by atoms with van der Waals surface area (Å²) in [5.41, 5.74) is 1.02. The summed E-state index contributed by atoms with van der Waals surface area (Å²) >= 11 is 0. The molecule has 4 nitrogen and oxygen atoms in total. The molecule has 3 rings (SSSR count). The molecule has 0 aliphatic heterocycles. The molecule has 0 amide bonds. The van der Waals surface area contributed by atoms with Crippen molar-refractivity contribution in [3.63, 3.8) is 0 Å². The fourth-order valence-electron chi connectivity index (χ4n) is 2.37. The average Bonchev–Trinajstić information content (AvgIpc) is 2.62. The molecule has 0 N–H and O–H groups in total. The number of nitriles is 1. The molecule has 0 saturated heterocycles. The second-order valence-corrected chi connectivity index (χ2v) is 5.18. The van der Waals surface area contributed by atoms with Crippen LogP contribution in [0.25, 0.3) is 11.0 Å². The van der Waals surface area contributed by atoms with Crippen molar-refractivity contribution in [2.45, 2.75) is 6.54 Å². The van der Waals surface area contributed by atoms with E-state index in [4.69, 9.17) is 5.26 Å². The van der Waals surface area contributed by atoms with Gasteiger partial charge in [-0.15, -0.1) is 0 Å². The smallest absolute Gasteiger partial charge is 0.199 e. The lowest BCUT2D eigenvalue weighted by molar-refractivity contribution is 0.409. The van der Waals surface area contributed by atoms with Gasteiger partial charge >= 0.3 is 0 Å². The van der Waals surface area contributed by atoms with Crippen molar-refractivity contribution < 1.29 is 17.6 Å². The molecule has 8 heteroatoms. The zero-order valence-electron chi connectivity index (χ0n) is 12.7. The summed E-state index contributed by atoms with van der Waals surface area (Å²) in [6, 6.07) is 9.32. The minimum Gasteiger partial charge on any atom is -0.350 e. The molecule has 25 heavy (non-hydrogen) atoms. The third-order valence-electron chi connectivity index (χ3n) is 3.54. The SMILES string of the molecule is N#CCN(Cc1cnc2ccccc2n1)c1cc(F)c(F)c(F)c1F.